The van der Waals surface area contributed by atoms with E-state index in [9.17, 15) is 4.79 Å². The van der Waals surface area contributed by atoms with Crippen LogP contribution in [-0.4, -0.2) is 20.6 Å². The second kappa shape index (κ2) is 7.10. The molecule has 0 heterocycles. The lowest BCUT2D eigenvalue weighted by atomic mass is 10.2. The Labute approximate surface area is 76.5 Å². The zero-order valence-corrected chi connectivity index (χ0v) is 9.38. The van der Waals surface area contributed by atoms with Gasteiger partial charge >= 0.3 is 5.97 Å². The monoisotopic (exact) mass is 186 g/mol. The van der Waals surface area contributed by atoms with Crippen LogP contribution in [-0.2, 0) is 4.79 Å². The molecule has 0 aliphatic carbocycles. The van der Waals surface area contributed by atoms with E-state index in [-0.39, 0.29) is 9.52 Å². The fourth-order valence-corrected chi connectivity index (χ4v) is 2.41. The van der Waals surface area contributed by atoms with Crippen molar-refractivity contribution < 1.29 is 9.90 Å². The van der Waals surface area contributed by atoms with Gasteiger partial charge in [-0.25, -0.2) is 0 Å². The predicted octanol–water partition coefficient (Wildman–Crippen LogP) is 1.75. The summed E-state index contributed by atoms with van der Waals surface area (Å²) in [4.78, 5) is 10.1. The zero-order chi connectivity index (χ0) is 9.40. The first-order chi connectivity index (χ1) is 5.63. The third-order valence-corrected chi connectivity index (χ3v) is 3.66. The lowest BCUT2D eigenvalue weighted by Gasteiger charge is -1.95. The smallest absolute Gasteiger partial charge is 0.303 e. The summed E-state index contributed by atoms with van der Waals surface area (Å²) in [6.07, 6.45) is 2.27. The Morgan fingerprint density at radius 2 is 2.08 bits per heavy atom. The number of carbonyl (C=O) groups is 1. The Balaban J connectivity index is 3.11. The maximum Gasteiger partial charge on any atom is 0.303 e. The molecule has 0 aliphatic heterocycles. The Kier molecular flexibility index (Phi) is 6.76. The number of allylic oxidation sites excluding steroid dienone is 1. The molecule has 0 saturated heterocycles. The Morgan fingerprint density at radius 3 is 2.58 bits per heavy atom. The third kappa shape index (κ3) is 9.43. The molecule has 0 atom stereocenters. The average Bonchev–Trinajstić information content (AvgIpc) is 1.95. The van der Waals surface area contributed by atoms with Crippen molar-refractivity contribution in [3.8, 4) is 0 Å². The van der Waals surface area contributed by atoms with Crippen LogP contribution in [0.3, 0.4) is 0 Å². The van der Waals surface area contributed by atoms with E-state index in [1.165, 1.54) is 11.6 Å². The summed E-state index contributed by atoms with van der Waals surface area (Å²) >= 11 is 0. The highest BCUT2D eigenvalue weighted by Gasteiger charge is 1.95. The van der Waals surface area contributed by atoms with Crippen LogP contribution in [0, 0.1) is 0 Å². The van der Waals surface area contributed by atoms with Crippen LogP contribution in [0.2, 0.25) is 6.04 Å². The van der Waals surface area contributed by atoms with Crippen molar-refractivity contribution in [3.05, 3.63) is 11.3 Å². The van der Waals surface area contributed by atoms with Gasteiger partial charge in [-0.2, -0.15) is 0 Å². The van der Waals surface area contributed by atoms with Gasteiger partial charge in [-0.05, 0) is 20.3 Å². The molecule has 0 aromatic heterocycles. The van der Waals surface area contributed by atoms with E-state index < -0.39 is 5.97 Å². The normalized spacial score (nSPS) is 10.5. The molecular weight excluding hydrogens is 168 g/mol. The third-order valence-electron chi connectivity index (χ3n) is 1.65. The van der Waals surface area contributed by atoms with Crippen molar-refractivity contribution in [2.75, 3.05) is 0 Å². The molecule has 1 N–H and O–H groups in total. The number of unbranched alkanes of at least 4 members (excludes halogenated alkanes) is 1. The summed E-state index contributed by atoms with van der Waals surface area (Å²) in [6.45, 7) is 4.23. The van der Waals surface area contributed by atoms with Crippen molar-refractivity contribution in [1.29, 1.82) is 0 Å². The van der Waals surface area contributed by atoms with Gasteiger partial charge in [0.2, 0.25) is 0 Å². The standard InChI is InChI=1S/C9H18O2Si/c1-8(2)7-12-6-4-3-5-9(10)11/h7H,3-6,12H2,1-2H3,(H,10,11). The highest BCUT2D eigenvalue weighted by molar-refractivity contribution is 6.42. The van der Waals surface area contributed by atoms with Crippen LogP contribution in [0.25, 0.3) is 0 Å². The Bertz CT molecular complexity index is 160. The summed E-state index contributed by atoms with van der Waals surface area (Å²) < 4.78 is 0. The van der Waals surface area contributed by atoms with Crippen molar-refractivity contribution >= 4 is 15.5 Å². The van der Waals surface area contributed by atoms with Gasteiger partial charge in [0.15, 0.2) is 0 Å². The lowest BCUT2D eigenvalue weighted by Crippen LogP contribution is -1.94. The van der Waals surface area contributed by atoms with E-state index >= 15 is 0 Å². The topological polar surface area (TPSA) is 37.3 Å². The first-order valence-electron chi connectivity index (χ1n) is 4.48. The van der Waals surface area contributed by atoms with Gasteiger partial charge in [-0.1, -0.05) is 18.0 Å². The van der Waals surface area contributed by atoms with Crippen molar-refractivity contribution in [2.45, 2.75) is 39.2 Å². The number of hydrogen-bond donors (Lipinski definition) is 1. The minimum Gasteiger partial charge on any atom is -0.481 e. The molecule has 0 saturated carbocycles. The number of rotatable bonds is 6. The van der Waals surface area contributed by atoms with Crippen LogP contribution in [0.1, 0.15) is 33.1 Å². The SMILES string of the molecule is CC(C)=C[SiH2]CCCCC(=O)O. The zero-order valence-electron chi connectivity index (χ0n) is 7.97. The fourth-order valence-electron chi connectivity index (χ4n) is 0.988. The molecule has 0 amide bonds. The predicted molar refractivity (Wildman–Crippen MR) is 54.3 cm³/mol. The number of carboxylic acid groups (broad SMARTS) is 1. The minimum atomic E-state index is -0.668. The van der Waals surface area contributed by atoms with Gasteiger partial charge < -0.3 is 5.11 Å². The Hall–Kier alpha value is -0.573. The molecule has 0 spiro atoms. The second-order valence-electron chi connectivity index (χ2n) is 3.27. The molecule has 0 fully saturated rings. The van der Waals surface area contributed by atoms with E-state index in [1.54, 1.807) is 0 Å². The average molecular weight is 186 g/mol. The summed E-state index contributed by atoms with van der Waals surface area (Å²) in [5.41, 5.74) is 3.74. The lowest BCUT2D eigenvalue weighted by molar-refractivity contribution is -0.137. The molecule has 0 rings (SSSR count). The van der Waals surface area contributed by atoms with Crippen LogP contribution in [0.5, 0.6) is 0 Å². The number of aliphatic carboxylic acids is 1. The molecule has 0 aliphatic rings. The molecule has 0 unspecified atom stereocenters. The highest BCUT2D eigenvalue weighted by atomic mass is 28.2. The van der Waals surface area contributed by atoms with Crippen LogP contribution in [0.4, 0.5) is 0 Å². The van der Waals surface area contributed by atoms with Crippen molar-refractivity contribution in [3.63, 3.8) is 0 Å². The molecule has 3 heteroatoms. The molecule has 70 valence electrons. The van der Waals surface area contributed by atoms with Crippen molar-refractivity contribution in [2.24, 2.45) is 0 Å². The molecule has 0 bridgehead atoms. The van der Waals surface area contributed by atoms with E-state index in [0.717, 1.165) is 12.8 Å². The van der Waals surface area contributed by atoms with Crippen LogP contribution >= 0.6 is 0 Å². The van der Waals surface area contributed by atoms with Gasteiger partial charge in [0.1, 0.15) is 0 Å². The van der Waals surface area contributed by atoms with Crippen LogP contribution < -0.4 is 0 Å². The molecule has 2 nitrogen and oxygen atoms in total. The fraction of sp³-hybridized carbons (Fsp3) is 0.667. The summed E-state index contributed by atoms with van der Waals surface area (Å²) in [5.74, 6) is -0.668. The summed E-state index contributed by atoms with van der Waals surface area (Å²) in [7, 11) is -0.0360. The number of hydrogen-bond acceptors (Lipinski definition) is 1. The van der Waals surface area contributed by atoms with Gasteiger partial charge in [-0.15, -0.1) is 5.70 Å². The van der Waals surface area contributed by atoms with Crippen molar-refractivity contribution in [1.82, 2.24) is 0 Å². The van der Waals surface area contributed by atoms with E-state index in [0.29, 0.717) is 6.42 Å². The molecule has 0 aromatic rings. The molecular formula is C9H18O2Si. The Morgan fingerprint density at radius 1 is 1.42 bits per heavy atom. The van der Waals surface area contributed by atoms with Crippen LogP contribution in [0.15, 0.2) is 11.3 Å². The summed E-state index contributed by atoms with van der Waals surface area (Å²) in [6, 6.07) is 1.25. The molecule has 0 radical (unpaired) electrons. The van der Waals surface area contributed by atoms with E-state index in [4.69, 9.17) is 5.11 Å². The first kappa shape index (κ1) is 11.4. The molecule has 0 aromatic carbocycles. The maximum absolute atomic E-state index is 10.1. The van der Waals surface area contributed by atoms with E-state index in [1.807, 2.05) is 0 Å². The largest absolute Gasteiger partial charge is 0.481 e. The second-order valence-corrected chi connectivity index (χ2v) is 4.97. The highest BCUT2D eigenvalue weighted by Crippen LogP contribution is 2.00. The maximum atomic E-state index is 10.1. The van der Waals surface area contributed by atoms with Gasteiger partial charge in [-0.3, -0.25) is 4.79 Å². The van der Waals surface area contributed by atoms with E-state index in [2.05, 4.69) is 19.5 Å². The molecule has 12 heavy (non-hydrogen) atoms. The number of carboxylic acids is 1. The minimum absolute atomic E-state index is 0.0360. The quantitative estimate of drug-likeness (QED) is 0.507. The van der Waals surface area contributed by atoms with Gasteiger partial charge in [0.25, 0.3) is 0 Å². The first-order valence-corrected chi connectivity index (χ1v) is 6.29. The van der Waals surface area contributed by atoms with Gasteiger partial charge in [0.05, 0.1) is 0 Å². The summed E-state index contributed by atoms with van der Waals surface area (Å²) in [5, 5.41) is 8.36. The van der Waals surface area contributed by atoms with Gasteiger partial charge in [0, 0.05) is 15.9 Å².